The third-order valence-corrected chi connectivity index (χ3v) is 5.64. The van der Waals surface area contributed by atoms with Gasteiger partial charge in [0.25, 0.3) is 0 Å². The zero-order valence-corrected chi connectivity index (χ0v) is 17.3. The van der Waals surface area contributed by atoms with E-state index in [1.165, 1.54) is 0 Å². The molecule has 0 spiro atoms. The van der Waals surface area contributed by atoms with Crippen molar-refractivity contribution in [2.24, 2.45) is 0 Å². The van der Waals surface area contributed by atoms with Gasteiger partial charge in [-0.1, -0.05) is 60.4 Å². The molecule has 30 heavy (non-hydrogen) atoms. The maximum Gasteiger partial charge on any atom is 0.407 e. The molecule has 150 valence electrons. The van der Waals surface area contributed by atoms with Crippen molar-refractivity contribution >= 4 is 22.0 Å². The molecule has 1 aliphatic carbocycles. The fraction of sp³-hybridized carbons (Fsp3) is 0.125. The summed E-state index contributed by atoms with van der Waals surface area (Å²) in [5, 5.41) is 2.53. The first-order chi connectivity index (χ1) is 14.5. The molecule has 3 nitrogen and oxygen atoms in total. The molecule has 0 radical (unpaired) electrons. The number of hydrogen-bond donors (Lipinski definition) is 1. The summed E-state index contributed by atoms with van der Waals surface area (Å²) in [4.78, 5) is 12.1. The quantitative estimate of drug-likeness (QED) is 0.401. The van der Waals surface area contributed by atoms with E-state index in [-0.39, 0.29) is 29.1 Å². The second kappa shape index (κ2) is 8.68. The van der Waals surface area contributed by atoms with E-state index in [2.05, 4.69) is 45.2 Å². The van der Waals surface area contributed by atoms with Crippen LogP contribution >= 0.6 is 15.9 Å². The Bertz CT molecular complexity index is 1110. The van der Waals surface area contributed by atoms with Gasteiger partial charge in [0, 0.05) is 11.5 Å². The zero-order valence-electron chi connectivity index (χ0n) is 15.7. The highest BCUT2D eigenvalue weighted by Crippen LogP contribution is 2.44. The third kappa shape index (κ3) is 4.07. The first-order valence-electron chi connectivity index (χ1n) is 9.27. The van der Waals surface area contributed by atoms with Crippen LogP contribution in [0.2, 0.25) is 0 Å². The molecule has 6 heteroatoms. The highest BCUT2D eigenvalue weighted by atomic mass is 79.9. The van der Waals surface area contributed by atoms with Crippen molar-refractivity contribution < 1.29 is 18.3 Å². The monoisotopic (exact) mass is 467 g/mol. The molecule has 3 aromatic carbocycles. The maximum absolute atomic E-state index is 13.5. The minimum atomic E-state index is -0.733. The molecule has 1 amide bonds. The Balaban J connectivity index is 1.35. The number of benzene rings is 3. The van der Waals surface area contributed by atoms with Crippen LogP contribution in [-0.2, 0) is 4.74 Å². The SMILES string of the molecule is O=C(NCC#Cc1cc(F)c(Br)c(F)c1)OCC1c2ccccc2-c2ccccc21. The van der Waals surface area contributed by atoms with Crippen LogP contribution in [0, 0.1) is 23.5 Å². The minimum Gasteiger partial charge on any atom is -0.449 e. The second-order valence-corrected chi connectivity index (χ2v) is 7.53. The highest BCUT2D eigenvalue weighted by molar-refractivity contribution is 9.10. The Morgan fingerprint density at radius 3 is 2.17 bits per heavy atom. The van der Waals surface area contributed by atoms with Gasteiger partial charge >= 0.3 is 6.09 Å². The number of halogens is 3. The Morgan fingerprint density at radius 1 is 1.00 bits per heavy atom. The summed E-state index contributed by atoms with van der Waals surface area (Å²) in [5.74, 6) is 3.78. The lowest BCUT2D eigenvalue weighted by Gasteiger charge is -2.14. The summed E-state index contributed by atoms with van der Waals surface area (Å²) >= 11 is 2.81. The van der Waals surface area contributed by atoms with Crippen molar-refractivity contribution in [3.05, 3.63) is 93.5 Å². The van der Waals surface area contributed by atoms with E-state index >= 15 is 0 Å². The summed E-state index contributed by atoms with van der Waals surface area (Å²) in [6.07, 6.45) is -0.598. The van der Waals surface area contributed by atoms with Crippen LogP contribution in [0.1, 0.15) is 22.6 Å². The molecule has 0 aliphatic heterocycles. The van der Waals surface area contributed by atoms with Gasteiger partial charge in [0.2, 0.25) is 0 Å². The average molecular weight is 468 g/mol. The van der Waals surface area contributed by atoms with Crippen molar-refractivity contribution in [1.82, 2.24) is 5.32 Å². The van der Waals surface area contributed by atoms with Gasteiger partial charge < -0.3 is 10.1 Å². The normalized spacial score (nSPS) is 11.8. The molecule has 4 rings (SSSR count). The Kier molecular flexibility index (Phi) is 5.82. The third-order valence-electron chi connectivity index (χ3n) is 4.88. The largest absolute Gasteiger partial charge is 0.449 e. The van der Waals surface area contributed by atoms with Gasteiger partial charge in [-0.2, -0.15) is 0 Å². The van der Waals surface area contributed by atoms with Gasteiger partial charge in [0.05, 0.1) is 11.0 Å². The van der Waals surface area contributed by atoms with Crippen LogP contribution in [0.5, 0.6) is 0 Å². The predicted molar refractivity (Wildman–Crippen MR) is 114 cm³/mol. The van der Waals surface area contributed by atoms with E-state index in [0.29, 0.717) is 0 Å². The molecule has 0 unspecified atom stereocenters. The fourth-order valence-corrected chi connectivity index (χ4v) is 3.77. The van der Waals surface area contributed by atoms with Crippen LogP contribution in [0.3, 0.4) is 0 Å². The maximum atomic E-state index is 13.5. The van der Waals surface area contributed by atoms with Gasteiger partial charge in [0.1, 0.15) is 18.2 Å². The van der Waals surface area contributed by atoms with E-state index in [1.807, 2.05) is 36.4 Å². The number of fused-ring (bicyclic) bond motifs is 3. The molecule has 0 saturated carbocycles. The summed E-state index contributed by atoms with van der Waals surface area (Å²) in [6, 6.07) is 18.4. The second-order valence-electron chi connectivity index (χ2n) is 6.73. The van der Waals surface area contributed by atoms with E-state index < -0.39 is 17.7 Å². The van der Waals surface area contributed by atoms with Gasteiger partial charge in [-0.05, 0) is 50.3 Å². The number of carbonyl (C=O) groups is 1. The van der Waals surface area contributed by atoms with E-state index in [4.69, 9.17) is 4.74 Å². The lowest BCUT2D eigenvalue weighted by Crippen LogP contribution is -2.26. The van der Waals surface area contributed by atoms with E-state index in [0.717, 1.165) is 34.4 Å². The molecule has 0 fully saturated rings. The van der Waals surface area contributed by atoms with Gasteiger partial charge in [-0.3, -0.25) is 0 Å². The minimum absolute atomic E-state index is 0.00399. The number of nitrogens with one attached hydrogen (secondary N) is 1. The molecule has 0 atom stereocenters. The molecule has 0 aromatic heterocycles. The molecule has 1 aliphatic rings. The van der Waals surface area contributed by atoms with Gasteiger partial charge in [-0.25, -0.2) is 13.6 Å². The lowest BCUT2D eigenvalue weighted by molar-refractivity contribution is 0.144. The van der Waals surface area contributed by atoms with Crippen molar-refractivity contribution in [3.8, 4) is 23.0 Å². The van der Waals surface area contributed by atoms with Crippen molar-refractivity contribution in [2.45, 2.75) is 5.92 Å². The first kappa shape index (κ1) is 20.1. The van der Waals surface area contributed by atoms with Gasteiger partial charge in [0.15, 0.2) is 0 Å². The van der Waals surface area contributed by atoms with Crippen LogP contribution in [0.25, 0.3) is 11.1 Å². The van der Waals surface area contributed by atoms with Crippen molar-refractivity contribution in [1.29, 1.82) is 0 Å². The zero-order chi connectivity index (χ0) is 21.1. The van der Waals surface area contributed by atoms with Crippen LogP contribution in [0.4, 0.5) is 13.6 Å². The molecule has 0 saturated heterocycles. The standard InChI is InChI=1S/C24H16BrF2NO2/c25-23-21(26)12-15(13-22(23)27)6-5-11-28-24(29)30-14-20-18-9-3-1-7-16(18)17-8-2-4-10-19(17)20/h1-4,7-10,12-13,20H,11,14H2,(H,28,29). The van der Waals surface area contributed by atoms with Crippen LogP contribution in [-0.4, -0.2) is 19.2 Å². The Hall–Kier alpha value is -3.17. The lowest BCUT2D eigenvalue weighted by atomic mass is 9.98. The summed E-state index contributed by atoms with van der Waals surface area (Å²) < 4.78 is 32.2. The Labute approximate surface area is 181 Å². The van der Waals surface area contributed by atoms with Crippen molar-refractivity contribution in [3.63, 3.8) is 0 Å². The van der Waals surface area contributed by atoms with Crippen molar-refractivity contribution in [2.75, 3.05) is 13.2 Å². The first-order valence-corrected chi connectivity index (χ1v) is 10.1. The predicted octanol–water partition coefficient (Wildman–Crippen LogP) is 5.62. The fourth-order valence-electron chi connectivity index (χ4n) is 3.54. The topological polar surface area (TPSA) is 38.3 Å². The molecular weight excluding hydrogens is 452 g/mol. The summed E-state index contributed by atoms with van der Waals surface area (Å²) in [6.45, 7) is 0.201. The van der Waals surface area contributed by atoms with E-state index in [9.17, 15) is 13.6 Å². The number of hydrogen-bond acceptors (Lipinski definition) is 2. The molecule has 3 aromatic rings. The van der Waals surface area contributed by atoms with E-state index in [1.54, 1.807) is 0 Å². The highest BCUT2D eigenvalue weighted by Gasteiger charge is 2.28. The Morgan fingerprint density at radius 2 is 1.57 bits per heavy atom. The molecular formula is C24H16BrF2NO2. The number of amides is 1. The number of alkyl carbamates (subject to hydrolysis) is 1. The number of ether oxygens (including phenoxy) is 1. The molecule has 0 bridgehead atoms. The smallest absolute Gasteiger partial charge is 0.407 e. The summed E-state index contributed by atoms with van der Waals surface area (Å²) in [5.41, 5.74) is 4.75. The van der Waals surface area contributed by atoms with Crippen LogP contribution < -0.4 is 5.32 Å². The van der Waals surface area contributed by atoms with Gasteiger partial charge in [-0.15, -0.1) is 0 Å². The molecule has 1 N–H and O–H groups in total. The average Bonchev–Trinajstić information content (AvgIpc) is 3.07. The van der Waals surface area contributed by atoms with Crippen LogP contribution in [0.15, 0.2) is 65.1 Å². The number of rotatable bonds is 3. The summed E-state index contributed by atoms with van der Waals surface area (Å²) in [7, 11) is 0. The molecule has 0 heterocycles. The number of carbonyl (C=O) groups excluding carboxylic acids is 1.